The molecule has 3 nitrogen and oxygen atoms in total. The summed E-state index contributed by atoms with van der Waals surface area (Å²) in [4.78, 5) is 10.8. The van der Waals surface area contributed by atoms with Crippen LogP contribution in [0.15, 0.2) is 157 Å². The Morgan fingerprint density at radius 2 is 1.10 bits per heavy atom. The first-order valence-electron chi connectivity index (χ1n) is 17.7. The molecule has 0 saturated carbocycles. The van der Waals surface area contributed by atoms with Gasteiger partial charge in [0.05, 0.1) is 22.4 Å². The molecule has 0 N–H and O–H groups in total. The van der Waals surface area contributed by atoms with Crippen LogP contribution in [0.3, 0.4) is 0 Å². The molecule has 0 fully saturated rings. The maximum Gasteiger partial charge on any atom is 0.170 e. The highest BCUT2D eigenvalue weighted by atomic mass is 31.2. The first kappa shape index (κ1) is 31.4. The minimum Gasteiger partial charge on any atom is -0.309 e. The second kappa shape index (κ2) is 12.3. The Balaban J connectivity index is 1.43. The van der Waals surface area contributed by atoms with Gasteiger partial charge < -0.3 is 4.57 Å². The zero-order chi connectivity index (χ0) is 34.7. The van der Waals surface area contributed by atoms with Crippen LogP contribution in [0.1, 0.15) is 24.5 Å². The molecule has 0 saturated heterocycles. The van der Waals surface area contributed by atoms with Crippen molar-refractivity contribution in [1.82, 2.24) is 9.97 Å². The van der Waals surface area contributed by atoms with Crippen molar-refractivity contribution in [1.29, 1.82) is 0 Å². The van der Waals surface area contributed by atoms with E-state index in [0.717, 1.165) is 88.4 Å². The Morgan fingerprint density at radius 3 is 1.69 bits per heavy atom. The fourth-order valence-electron chi connectivity index (χ4n) is 8.06. The Hall–Kier alpha value is -5.63. The topological polar surface area (TPSA) is 42.9 Å². The van der Waals surface area contributed by atoms with Gasteiger partial charge in [0.15, 0.2) is 7.14 Å². The van der Waals surface area contributed by atoms with Crippen molar-refractivity contribution in [2.45, 2.75) is 27.2 Å². The van der Waals surface area contributed by atoms with Crippen molar-refractivity contribution in [3.8, 4) is 22.5 Å². The minimum absolute atomic E-state index is 0.421. The summed E-state index contributed by atoms with van der Waals surface area (Å²) >= 11 is 0. The number of nitrogens with zero attached hydrogens (tertiary/aromatic N) is 2. The van der Waals surface area contributed by atoms with E-state index in [2.05, 4.69) is 136 Å². The van der Waals surface area contributed by atoms with Gasteiger partial charge in [0.1, 0.15) is 0 Å². The van der Waals surface area contributed by atoms with Gasteiger partial charge in [-0.1, -0.05) is 146 Å². The van der Waals surface area contributed by atoms with Crippen LogP contribution in [0, 0.1) is 19.8 Å². The number of fused-ring (bicyclic) bond motifs is 6. The van der Waals surface area contributed by atoms with Gasteiger partial charge in [0, 0.05) is 48.6 Å². The van der Waals surface area contributed by atoms with E-state index < -0.39 is 7.14 Å². The van der Waals surface area contributed by atoms with E-state index in [1.54, 1.807) is 0 Å². The molecule has 0 bridgehead atoms. The largest absolute Gasteiger partial charge is 0.309 e. The third-order valence-electron chi connectivity index (χ3n) is 10.6. The number of aryl methyl sites for hydroxylation is 2. The SMILES string of the molecule is Cc1c2c(-c3ccccc3)nc3cc(P(=O)(C4=CCC(C)C=C4)c4ccccc4)ccc3c2c(C)c2c(-c3ccccc3)nc3ccccc3c12. The molecule has 6 aromatic carbocycles. The molecule has 1 aliphatic carbocycles. The van der Waals surface area contributed by atoms with Gasteiger partial charge in [0.2, 0.25) is 0 Å². The van der Waals surface area contributed by atoms with Crippen molar-refractivity contribution >= 4 is 61.1 Å². The van der Waals surface area contributed by atoms with Crippen LogP contribution < -0.4 is 10.6 Å². The third kappa shape index (κ3) is 4.99. The molecule has 2 unspecified atom stereocenters. The summed E-state index contributed by atoms with van der Waals surface area (Å²) in [5.41, 5.74) is 8.21. The predicted octanol–water partition coefficient (Wildman–Crippen LogP) is 11.8. The van der Waals surface area contributed by atoms with Crippen LogP contribution in [0.5, 0.6) is 0 Å². The molecule has 4 heteroatoms. The van der Waals surface area contributed by atoms with E-state index in [-0.39, 0.29) is 0 Å². The van der Waals surface area contributed by atoms with E-state index >= 15 is 4.57 Å². The van der Waals surface area contributed by atoms with Gasteiger partial charge in [-0.25, -0.2) is 9.97 Å². The zero-order valence-corrected chi connectivity index (χ0v) is 29.9. The summed E-state index contributed by atoms with van der Waals surface area (Å²) < 4.78 is 15.6. The minimum atomic E-state index is -3.19. The van der Waals surface area contributed by atoms with Crippen molar-refractivity contribution in [3.05, 3.63) is 168 Å². The number of hydrogen-bond donors (Lipinski definition) is 0. The molecule has 2 aromatic heterocycles. The molecule has 0 radical (unpaired) electrons. The average Bonchev–Trinajstić information content (AvgIpc) is 3.19. The molecular formula is C47H37N2OP. The maximum absolute atomic E-state index is 15.6. The molecular weight excluding hydrogens is 640 g/mol. The maximum atomic E-state index is 15.6. The lowest BCUT2D eigenvalue weighted by molar-refractivity contribution is 0.590. The summed E-state index contributed by atoms with van der Waals surface area (Å²) in [6, 6.07) is 45.8. The number of hydrogen-bond acceptors (Lipinski definition) is 3. The summed E-state index contributed by atoms with van der Waals surface area (Å²) in [5.74, 6) is 0.421. The van der Waals surface area contributed by atoms with Crippen molar-refractivity contribution in [2.75, 3.05) is 0 Å². The van der Waals surface area contributed by atoms with Gasteiger partial charge in [0.25, 0.3) is 0 Å². The molecule has 246 valence electrons. The lowest BCUT2D eigenvalue weighted by atomic mass is 9.86. The first-order chi connectivity index (χ1) is 24.9. The fourth-order valence-corrected chi connectivity index (χ4v) is 10.8. The molecule has 9 rings (SSSR count). The van der Waals surface area contributed by atoms with Crippen LogP contribution in [0.25, 0.3) is 65.9 Å². The monoisotopic (exact) mass is 676 g/mol. The Labute approximate surface area is 298 Å². The summed E-state index contributed by atoms with van der Waals surface area (Å²) in [6.07, 6.45) is 7.31. The Bertz CT molecular complexity index is 2770. The van der Waals surface area contributed by atoms with Gasteiger partial charge in [-0.2, -0.15) is 0 Å². The van der Waals surface area contributed by atoms with Crippen molar-refractivity contribution < 1.29 is 4.57 Å². The fraction of sp³-hybridized carbons (Fsp3) is 0.106. The van der Waals surface area contributed by atoms with Crippen LogP contribution in [0.2, 0.25) is 0 Å². The van der Waals surface area contributed by atoms with E-state index in [0.29, 0.717) is 5.92 Å². The standard InChI is InChI=1S/C47H37N2OP/c1-30-23-25-36(26-24-30)51(50,35-19-11-6-12-20-35)37-27-28-39-41(29-37)49-47(34-17-9-5-10-18-34)45-31(2)42-38-21-13-14-22-40(38)48-46(33-15-7-4-8-16-33)44(42)32(3)43(39)45/h4-23,25-30H,24H2,1-3H3. The number of allylic oxidation sites excluding steroid dienone is 4. The smallest absolute Gasteiger partial charge is 0.170 e. The van der Waals surface area contributed by atoms with Crippen LogP contribution in [-0.4, -0.2) is 9.97 Å². The molecule has 2 atom stereocenters. The highest BCUT2D eigenvalue weighted by Gasteiger charge is 2.32. The van der Waals surface area contributed by atoms with Crippen molar-refractivity contribution in [3.63, 3.8) is 0 Å². The molecule has 0 spiro atoms. The molecule has 8 aromatic rings. The number of aromatic nitrogens is 2. The zero-order valence-electron chi connectivity index (χ0n) is 29.0. The number of pyridine rings is 2. The van der Waals surface area contributed by atoms with Gasteiger partial charge in [-0.05, 0) is 60.2 Å². The molecule has 1 aliphatic rings. The third-order valence-corrected chi connectivity index (χ3v) is 13.7. The van der Waals surface area contributed by atoms with Gasteiger partial charge in [-0.3, -0.25) is 0 Å². The number of para-hydroxylation sites is 1. The van der Waals surface area contributed by atoms with E-state index in [9.17, 15) is 0 Å². The highest BCUT2D eigenvalue weighted by molar-refractivity contribution is 7.82. The number of benzene rings is 6. The van der Waals surface area contributed by atoms with Gasteiger partial charge >= 0.3 is 0 Å². The highest BCUT2D eigenvalue weighted by Crippen LogP contribution is 2.54. The quantitative estimate of drug-likeness (QED) is 0.104. The summed E-state index contributed by atoms with van der Waals surface area (Å²) in [5, 5.41) is 9.36. The van der Waals surface area contributed by atoms with E-state index in [4.69, 9.17) is 9.97 Å². The van der Waals surface area contributed by atoms with Crippen LogP contribution >= 0.6 is 7.14 Å². The second-order valence-corrected chi connectivity index (χ2v) is 16.5. The summed E-state index contributed by atoms with van der Waals surface area (Å²) in [6.45, 7) is 6.68. The average molecular weight is 677 g/mol. The number of rotatable bonds is 5. The van der Waals surface area contributed by atoms with Gasteiger partial charge in [-0.15, -0.1) is 0 Å². The Morgan fingerprint density at radius 1 is 0.569 bits per heavy atom. The normalized spacial score (nSPS) is 15.7. The second-order valence-electron chi connectivity index (χ2n) is 13.8. The lowest BCUT2D eigenvalue weighted by Gasteiger charge is -2.24. The summed E-state index contributed by atoms with van der Waals surface area (Å²) in [7, 11) is -3.19. The first-order valence-corrected chi connectivity index (χ1v) is 19.4. The molecule has 2 heterocycles. The molecule has 51 heavy (non-hydrogen) atoms. The Kier molecular flexibility index (Phi) is 7.56. The molecule has 0 aliphatic heterocycles. The van der Waals surface area contributed by atoms with E-state index in [1.807, 2.05) is 36.4 Å². The predicted molar refractivity (Wildman–Crippen MR) is 217 cm³/mol. The lowest BCUT2D eigenvalue weighted by Crippen LogP contribution is -2.18. The van der Waals surface area contributed by atoms with Crippen molar-refractivity contribution in [2.24, 2.45) is 5.92 Å². The molecule has 0 amide bonds. The van der Waals surface area contributed by atoms with Crippen LogP contribution in [-0.2, 0) is 4.57 Å². The van der Waals surface area contributed by atoms with E-state index in [1.165, 1.54) is 10.9 Å². The van der Waals surface area contributed by atoms with Crippen LogP contribution in [0.4, 0.5) is 0 Å².